The summed E-state index contributed by atoms with van der Waals surface area (Å²) < 4.78 is 32.0. The van der Waals surface area contributed by atoms with E-state index in [1.165, 1.54) is 23.9 Å². The Bertz CT molecular complexity index is 389. The summed E-state index contributed by atoms with van der Waals surface area (Å²) in [5.74, 6) is 0. The van der Waals surface area contributed by atoms with Gasteiger partial charge < -0.3 is 10.6 Å². The van der Waals surface area contributed by atoms with Crippen molar-refractivity contribution in [3.63, 3.8) is 0 Å². The van der Waals surface area contributed by atoms with Gasteiger partial charge in [-0.3, -0.25) is 4.55 Å². The number of nitrogens with zero attached hydrogens (tertiary/aromatic N) is 1. The summed E-state index contributed by atoms with van der Waals surface area (Å²) >= 11 is 0. The third kappa shape index (κ3) is 3.56. The number of aliphatic hydroxyl groups excluding tert-OH is 1. The fourth-order valence-electron chi connectivity index (χ4n) is 1.23. The molecule has 1 rings (SSSR count). The zero-order valence-corrected chi connectivity index (χ0v) is 8.87. The van der Waals surface area contributed by atoms with Crippen molar-refractivity contribution in [3.8, 4) is 0 Å². The Morgan fingerprint density at radius 3 is 2.00 bits per heavy atom. The van der Waals surface area contributed by atoms with Crippen molar-refractivity contribution in [3.05, 3.63) is 30.6 Å². The molecule has 0 saturated carbocycles. The van der Waals surface area contributed by atoms with Gasteiger partial charge in [0.15, 0.2) is 12.4 Å². The summed E-state index contributed by atoms with van der Waals surface area (Å²) in [5.41, 5.74) is 0. The number of hydrogen-bond donors (Lipinski definition) is 2. The van der Waals surface area contributed by atoms with Crippen LogP contribution >= 0.6 is 0 Å². The van der Waals surface area contributed by atoms with Crippen molar-refractivity contribution >= 4 is 10.1 Å². The van der Waals surface area contributed by atoms with Crippen LogP contribution in [0.15, 0.2) is 30.6 Å². The van der Waals surface area contributed by atoms with E-state index in [9.17, 15) is 13.5 Å². The summed E-state index contributed by atoms with van der Waals surface area (Å²) in [6, 6.07) is 4.93. The Balaban J connectivity index is 0.00000196. The molecule has 1 aromatic rings. The van der Waals surface area contributed by atoms with E-state index in [2.05, 4.69) is 0 Å². The molecule has 0 saturated heterocycles. The Hall–Kier alpha value is -1.02. The molecule has 3 N–H and O–H groups in total. The van der Waals surface area contributed by atoms with E-state index in [0.29, 0.717) is 0 Å². The van der Waals surface area contributed by atoms with E-state index in [-0.39, 0.29) is 5.48 Å². The highest BCUT2D eigenvalue weighted by Crippen LogP contribution is 2.10. The molecule has 0 aliphatic rings. The second-order valence-electron chi connectivity index (χ2n) is 2.97. The fourth-order valence-corrected chi connectivity index (χ4v) is 2.18. The lowest BCUT2D eigenvalue weighted by molar-refractivity contribution is -0.708. The number of pyridine rings is 1. The number of aliphatic hydroxyl groups is 1. The zero-order chi connectivity index (χ0) is 10.8. The maximum Gasteiger partial charge on any atom is 0.332 e. The highest BCUT2D eigenvalue weighted by Gasteiger charge is 2.36. The Morgan fingerprint density at radius 1 is 1.20 bits per heavy atom. The first kappa shape index (κ1) is 14.0. The molecule has 0 amide bonds. The van der Waals surface area contributed by atoms with Crippen molar-refractivity contribution in [1.29, 1.82) is 0 Å². The van der Waals surface area contributed by atoms with Crippen LogP contribution in [0.1, 0.15) is 12.3 Å². The SMILES string of the molecule is CC(O)C([n+]1ccccc1)S(=O)(=O)O.[OH-]. The molecule has 2 atom stereocenters. The van der Waals surface area contributed by atoms with Crippen molar-refractivity contribution in [2.75, 3.05) is 0 Å². The Morgan fingerprint density at radius 2 is 1.67 bits per heavy atom. The van der Waals surface area contributed by atoms with Gasteiger partial charge in [-0.15, -0.1) is 0 Å². The topological polar surface area (TPSA) is 108 Å². The van der Waals surface area contributed by atoms with Crippen LogP contribution in [0.3, 0.4) is 0 Å². The summed E-state index contributed by atoms with van der Waals surface area (Å²) in [4.78, 5) is 0. The molecule has 7 heteroatoms. The first-order chi connectivity index (χ1) is 6.43. The molecule has 6 nitrogen and oxygen atoms in total. The minimum absolute atomic E-state index is 0. The molecular weight excluding hydrogens is 222 g/mol. The third-order valence-electron chi connectivity index (χ3n) is 1.75. The predicted octanol–water partition coefficient (Wildman–Crippen LogP) is -0.436. The molecule has 0 aromatic carbocycles. The summed E-state index contributed by atoms with van der Waals surface area (Å²) in [6.45, 7) is 1.30. The second-order valence-corrected chi connectivity index (χ2v) is 4.48. The average molecular weight is 235 g/mol. The van der Waals surface area contributed by atoms with Gasteiger partial charge in [-0.25, -0.2) is 0 Å². The summed E-state index contributed by atoms with van der Waals surface area (Å²) in [7, 11) is -4.30. The van der Waals surface area contributed by atoms with E-state index in [1.807, 2.05) is 0 Å². The van der Waals surface area contributed by atoms with Crippen LogP contribution in [0.25, 0.3) is 0 Å². The molecule has 0 aliphatic heterocycles. The van der Waals surface area contributed by atoms with Crippen LogP contribution in [0, 0.1) is 0 Å². The molecule has 0 aliphatic carbocycles. The Kier molecular flexibility index (Phi) is 4.82. The minimum Gasteiger partial charge on any atom is -0.870 e. The van der Waals surface area contributed by atoms with E-state index >= 15 is 0 Å². The maximum atomic E-state index is 10.9. The van der Waals surface area contributed by atoms with Gasteiger partial charge in [0, 0.05) is 12.1 Å². The second kappa shape index (κ2) is 5.17. The largest absolute Gasteiger partial charge is 0.870 e. The van der Waals surface area contributed by atoms with Gasteiger partial charge >= 0.3 is 15.5 Å². The van der Waals surface area contributed by atoms with Crippen LogP contribution in [-0.2, 0) is 10.1 Å². The van der Waals surface area contributed by atoms with Gasteiger partial charge in [0.1, 0.15) is 6.10 Å². The van der Waals surface area contributed by atoms with Crippen LogP contribution in [0.5, 0.6) is 0 Å². The lowest BCUT2D eigenvalue weighted by Gasteiger charge is -2.11. The van der Waals surface area contributed by atoms with Gasteiger partial charge in [0.05, 0.1) is 0 Å². The highest BCUT2D eigenvalue weighted by molar-refractivity contribution is 7.85. The highest BCUT2D eigenvalue weighted by atomic mass is 32.2. The molecular formula is C8H13NO5S. The van der Waals surface area contributed by atoms with Gasteiger partial charge in [-0.1, -0.05) is 6.07 Å². The molecule has 2 unspecified atom stereocenters. The molecule has 15 heavy (non-hydrogen) atoms. The van der Waals surface area contributed by atoms with Crippen molar-refractivity contribution in [1.82, 2.24) is 0 Å². The van der Waals surface area contributed by atoms with Gasteiger partial charge in [-0.05, 0) is 6.92 Å². The lowest BCUT2D eigenvalue weighted by atomic mass is 10.4. The van der Waals surface area contributed by atoms with E-state index in [0.717, 1.165) is 0 Å². The van der Waals surface area contributed by atoms with E-state index in [4.69, 9.17) is 4.55 Å². The average Bonchev–Trinajstić information content (AvgIpc) is 2.02. The monoisotopic (exact) mass is 235 g/mol. The maximum absolute atomic E-state index is 10.9. The molecule has 0 spiro atoms. The standard InChI is InChI=1S/C8H11NO4S.H2O/c1-7(10)8(14(11,12)13)9-5-3-2-4-6-9;/h2-8,10H,1H3;1H2. The third-order valence-corrected chi connectivity index (χ3v) is 3.00. The normalized spacial score (nSPS) is 15.1. The molecule has 0 radical (unpaired) electrons. The number of aromatic nitrogens is 1. The lowest BCUT2D eigenvalue weighted by Crippen LogP contribution is -2.48. The van der Waals surface area contributed by atoms with E-state index < -0.39 is 21.6 Å². The smallest absolute Gasteiger partial charge is 0.332 e. The van der Waals surface area contributed by atoms with Crippen LogP contribution in [0.4, 0.5) is 0 Å². The van der Waals surface area contributed by atoms with Crippen molar-refractivity contribution in [2.45, 2.75) is 18.4 Å². The van der Waals surface area contributed by atoms with Crippen molar-refractivity contribution in [2.24, 2.45) is 0 Å². The van der Waals surface area contributed by atoms with Crippen LogP contribution in [0.2, 0.25) is 0 Å². The summed E-state index contributed by atoms with van der Waals surface area (Å²) in [5, 5.41) is 7.88. The van der Waals surface area contributed by atoms with Gasteiger partial charge in [0.2, 0.25) is 0 Å². The minimum atomic E-state index is -4.30. The molecule has 0 bridgehead atoms. The first-order valence-electron chi connectivity index (χ1n) is 4.03. The quantitative estimate of drug-likeness (QED) is 0.545. The molecule has 0 fully saturated rings. The summed E-state index contributed by atoms with van der Waals surface area (Å²) in [6.07, 6.45) is 1.74. The molecule has 86 valence electrons. The Labute approximate surface area is 87.9 Å². The number of hydrogen-bond acceptors (Lipinski definition) is 4. The van der Waals surface area contributed by atoms with Gasteiger partial charge in [0.25, 0.3) is 0 Å². The fraction of sp³-hybridized carbons (Fsp3) is 0.375. The van der Waals surface area contributed by atoms with Crippen molar-refractivity contribution < 1.29 is 28.1 Å². The molecule has 1 heterocycles. The zero-order valence-electron chi connectivity index (χ0n) is 8.06. The first-order valence-corrected chi connectivity index (χ1v) is 5.53. The predicted molar refractivity (Wildman–Crippen MR) is 50.8 cm³/mol. The van der Waals surface area contributed by atoms with E-state index in [1.54, 1.807) is 18.2 Å². The van der Waals surface area contributed by atoms with Gasteiger partial charge in [-0.2, -0.15) is 13.0 Å². The van der Waals surface area contributed by atoms with Crippen LogP contribution in [-0.4, -0.2) is 29.7 Å². The van der Waals surface area contributed by atoms with Crippen LogP contribution < -0.4 is 4.57 Å². The number of rotatable bonds is 3. The molecule has 1 aromatic heterocycles.